The van der Waals surface area contributed by atoms with Crippen LogP contribution in [0.2, 0.25) is 0 Å². The number of benzene rings is 2. The van der Waals surface area contributed by atoms with Gasteiger partial charge in [-0.05, 0) is 81.8 Å². The minimum atomic E-state index is -0.991. The number of urea groups is 1. The van der Waals surface area contributed by atoms with Crippen molar-refractivity contribution in [1.29, 1.82) is 0 Å². The van der Waals surface area contributed by atoms with Crippen LogP contribution in [-0.4, -0.2) is 53.7 Å². The van der Waals surface area contributed by atoms with Crippen LogP contribution in [0.3, 0.4) is 0 Å². The SMILES string of the molecule is CC(C)Oc1cccc(CN2CCC3(CC2)C(=N[C@H]2CCC[C@@H]2F)NC(=O)N3c2cccc(F)c2)c1. The second kappa shape index (κ2) is 10.2. The van der Waals surface area contributed by atoms with Crippen molar-refractivity contribution in [3.8, 4) is 5.75 Å². The van der Waals surface area contributed by atoms with Gasteiger partial charge in [-0.15, -0.1) is 0 Å². The summed E-state index contributed by atoms with van der Waals surface area (Å²) in [5.41, 5.74) is 0.909. The highest BCUT2D eigenvalue weighted by Gasteiger charge is 2.53. The van der Waals surface area contributed by atoms with Crippen molar-refractivity contribution in [3.05, 3.63) is 59.9 Å². The lowest BCUT2D eigenvalue weighted by atomic mass is 9.84. The molecule has 1 saturated carbocycles. The number of aliphatic imine (C=N–C) groups is 1. The number of nitrogens with one attached hydrogen (secondary N) is 1. The van der Waals surface area contributed by atoms with E-state index in [0.717, 1.165) is 37.4 Å². The van der Waals surface area contributed by atoms with Crippen LogP contribution in [0, 0.1) is 5.82 Å². The number of hydrogen-bond acceptors (Lipinski definition) is 4. The van der Waals surface area contributed by atoms with Crippen LogP contribution in [0.1, 0.15) is 51.5 Å². The van der Waals surface area contributed by atoms with Gasteiger partial charge in [0.1, 0.15) is 29.1 Å². The molecule has 2 amide bonds. The third-order valence-corrected chi connectivity index (χ3v) is 7.42. The molecule has 0 aromatic heterocycles. The number of rotatable bonds is 6. The van der Waals surface area contributed by atoms with Gasteiger partial charge in [0.25, 0.3) is 0 Å². The van der Waals surface area contributed by atoms with Crippen molar-refractivity contribution in [3.63, 3.8) is 0 Å². The first kappa shape index (κ1) is 24.7. The standard InChI is InChI=1S/C28H34F2N4O2/c1-19(2)36-23-9-3-6-20(16-23)18-33-14-12-28(13-15-33)26(31-25-11-5-10-24(25)30)32-27(35)34(28)22-8-4-7-21(29)17-22/h3-4,6-9,16-17,19,24-25H,5,10-15,18H2,1-2H3,(H,31,32,35)/t24-,25-/m0/s1. The summed E-state index contributed by atoms with van der Waals surface area (Å²) in [6, 6.07) is 13.4. The Balaban J connectivity index is 1.39. The van der Waals surface area contributed by atoms with Crippen LogP contribution in [-0.2, 0) is 6.54 Å². The van der Waals surface area contributed by atoms with Gasteiger partial charge >= 0.3 is 6.03 Å². The minimum Gasteiger partial charge on any atom is -0.491 e. The van der Waals surface area contributed by atoms with E-state index >= 15 is 0 Å². The number of hydrogen-bond donors (Lipinski definition) is 1. The summed E-state index contributed by atoms with van der Waals surface area (Å²) in [6.07, 6.45) is 2.33. The molecule has 2 saturated heterocycles. The first-order valence-electron chi connectivity index (χ1n) is 12.9. The van der Waals surface area contributed by atoms with Crippen LogP contribution >= 0.6 is 0 Å². The highest BCUT2D eigenvalue weighted by atomic mass is 19.1. The lowest BCUT2D eigenvalue weighted by Crippen LogP contribution is -2.57. The first-order valence-corrected chi connectivity index (χ1v) is 12.9. The molecule has 2 atom stereocenters. The number of ether oxygens (including phenoxy) is 1. The van der Waals surface area contributed by atoms with E-state index in [1.807, 2.05) is 26.0 Å². The van der Waals surface area contributed by atoms with Gasteiger partial charge in [0.05, 0.1) is 12.1 Å². The average Bonchev–Trinajstić information content (AvgIpc) is 3.35. The minimum absolute atomic E-state index is 0.109. The molecule has 2 heterocycles. The maximum Gasteiger partial charge on any atom is 0.328 e. The molecule has 192 valence electrons. The Labute approximate surface area is 211 Å². The summed E-state index contributed by atoms with van der Waals surface area (Å²) < 4.78 is 34.5. The summed E-state index contributed by atoms with van der Waals surface area (Å²) in [5, 5.41) is 2.93. The van der Waals surface area contributed by atoms with Gasteiger partial charge in [-0.1, -0.05) is 18.2 Å². The van der Waals surface area contributed by atoms with Crippen LogP contribution < -0.4 is 15.0 Å². The third-order valence-electron chi connectivity index (χ3n) is 7.42. The molecule has 6 nitrogen and oxygen atoms in total. The van der Waals surface area contributed by atoms with E-state index in [0.29, 0.717) is 37.2 Å². The number of amides is 2. The number of carbonyl (C=O) groups excluding carboxylic acids is 1. The van der Waals surface area contributed by atoms with E-state index in [9.17, 15) is 13.6 Å². The fraction of sp³-hybridized carbons (Fsp3) is 0.500. The van der Waals surface area contributed by atoms with Crippen LogP contribution in [0.25, 0.3) is 0 Å². The lowest BCUT2D eigenvalue weighted by Gasteiger charge is -2.43. The number of alkyl halides is 1. The van der Waals surface area contributed by atoms with E-state index < -0.39 is 23.6 Å². The molecule has 0 bridgehead atoms. The van der Waals surface area contributed by atoms with Gasteiger partial charge in [-0.2, -0.15) is 0 Å². The molecule has 1 N–H and O–H groups in total. The summed E-state index contributed by atoms with van der Waals surface area (Å²) in [7, 11) is 0. The average molecular weight is 497 g/mol. The molecule has 3 fully saturated rings. The summed E-state index contributed by atoms with van der Waals surface area (Å²) in [4.78, 5) is 22.0. The van der Waals surface area contributed by atoms with Crippen molar-refractivity contribution in [2.75, 3.05) is 18.0 Å². The van der Waals surface area contributed by atoms with E-state index in [-0.39, 0.29) is 12.1 Å². The number of carbonyl (C=O) groups is 1. The summed E-state index contributed by atoms with van der Waals surface area (Å²) in [6.45, 7) is 6.22. The van der Waals surface area contributed by atoms with Crippen LogP contribution in [0.15, 0.2) is 53.5 Å². The molecule has 1 spiro atoms. The van der Waals surface area contributed by atoms with E-state index in [1.54, 1.807) is 17.0 Å². The summed E-state index contributed by atoms with van der Waals surface area (Å²) >= 11 is 0. The zero-order valence-electron chi connectivity index (χ0n) is 20.9. The summed E-state index contributed by atoms with van der Waals surface area (Å²) in [5.74, 6) is 0.977. The highest BCUT2D eigenvalue weighted by Crippen LogP contribution is 2.39. The second-order valence-electron chi connectivity index (χ2n) is 10.4. The number of likely N-dealkylation sites (tertiary alicyclic amines) is 1. The number of anilines is 1. The van der Waals surface area contributed by atoms with Gasteiger partial charge in [0.2, 0.25) is 0 Å². The van der Waals surface area contributed by atoms with Crippen molar-refractivity contribution >= 4 is 17.6 Å². The largest absolute Gasteiger partial charge is 0.491 e. The molecule has 2 aromatic carbocycles. The van der Waals surface area contributed by atoms with Gasteiger partial charge < -0.3 is 4.74 Å². The molecule has 0 radical (unpaired) electrons. The Morgan fingerprint density at radius 1 is 1.14 bits per heavy atom. The predicted molar refractivity (Wildman–Crippen MR) is 137 cm³/mol. The van der Waals surface area contributed by atoms with Crippen LogP contribution in [0.4, 0.5) is 19.3 Å². The maximum absolute atomic E-state index is 14.5. The Bertz CT molecular complexity index is 1130. The zero-order chi connectivity index (χ0) is 25.3. The molecule has 2 aliphatic heterocycles. The molecule has 5 rings (SSSR count). The molecule has 2 aromatic rings. The second-order valence-corrected chi connectivity index (χ2v) is 10.4. The van der Waals surface area contributed by atoms with Gasteiger partial charge in [-0.3, -0.25) is 20.1 Å². The fourth-order valence-corrected chi connectivity index (χ4v) is 5.70. The van der Waals surface area contributed by atoms with Crippen molar-refractivity contribution in [2.45, 2.75) is 76.4 Å². The van der Waals surface area contributed by atoms with Gasteiger partial charge in [-0.25, -0.2) is 13.6 Å². The zero-order valence-corrected chi connectivity index (χ0v) is 20.9. The van der Waals surface area contributed by atoms with Crippen molar-refractivity contribution < 1.29 is 18.3 Å². The number of nitrogens with zero attached hydrogens (tertiary/aromatic N) is 3. The Morgan fingerprint density at radius 2 is 1.92 bits per heavy atom. The molecule has 0 unspecified atom stereocenters. The molecule has 8 heteroatoms. The molecule has 3 aliphatic rings. The fourth-order valence-electron chi connectivity index (χ4n) is 5.70. The number of piperidine rings is 1. The molecule has 36 heavy (non-hydrogen) atoms. The first-order chi connectivity index (χ1) is 17.3. The van der Waals surface area contributed by atoms with Crippen molar-refractivity contribution in [2.24, 2.45) is 4.99 Å². The van der Waals surface area contributed by atoms with Crippen LogP contribution in [0.5, 0.6) is 5.75 Å². The Hall–Kier alpha value is -3.00. The van der Waals surface area contributed by atoms with Crippen molar-refractivity contribution in [1.82, 2.24) is 10.2 Å². The highest BCUT2D eigenvalue weighted by molar-refractivity contribution is 6.19. The number of amidine groups is 1. The molecule has 1 aliphatic carbocycles. The van der Waals surface area contributed by atoms with Gasteiger partial charge in [0, 0.05) is 25.3 Å². The normalized spacial score (nSPS) is 25.2. The molecular weight excluding hydrogens is 462 g/mol. The Kier molecular flexibility index (Phi) is 6.97. The monoisotopic (exact) mass is 496 g/mol. The quantitative estimate of drug-likeness (QED) is 0.577. The van der Waals surface area contributed by atoms with E-state index in [4.69, 9.17) is 9.73 Å². The maximum atomic E-state index is 14.5. The number of halogens is 2. The third kappa shape index (κ3) is 4.96. The predicted octanol–water partition coefficient (Wildman–Crippen LogP) is 5.47. The van der Waals surface area contributed by atoms with E-state index in [2.05, 4.69) is 22.3 Å². The van der Waals surface area contributed by atoms with E-state index in [1.165, 1.54) is 12.1 Å². The van der Waals surface area contributed by atoms with Gasteiger partial charge in [0.15, 0.2) is 0 Å². The smallest absolute Gasteiger partial charge is 0.328 e. The Morgan fingerprint density at radius 3 is 2.61 bits per heavy atom. The topological polar surface area (TPSA) is 57.2 Å². The molecular formula is C28H34F2N4O2. The lowest BCUT2D eigenvalue weighted by molar-refractivity contribution is 0.183.